The van der Waals surface area contributed by atoms with Crippen LogP contribution in [0.15, 0.2) is 103 Å². The van der Waals surface area contributed by atoms with Crippen LogP contribution in [-0.2, 0) is 26.2 Å². The molecule has 36 heavy (non-hydrogen) atoms. The Kier molecular flexibility index (Phi) is 6.43. The zero-order chi connectivity index (χ0) is 25.1. The summed E-state index contributed by atoms with van der Waals surface area (Å²) >= 11 is 0. The number of hydrogen-bond acceptors (Lipinski definition) is 3. The van der Waals surface area contributed by atoms with Crippen molar-refractivity contribution >= 4 is 11.9 Å². The number of benzene rings is 4. The molecule has 0 radical (unpaired) electrons. The molecule has 1 aliphatic carbocycles. The second-order valence-corrected chi connectivity index (χ2v) is 9.42. The molecule has 180 valence electrons. The molecule has 0 bridgehead atoms. The Balaban J connectivity index is 1.30. The number of carboxylic acids is 1. The standard InChI is InChI=1S/C32H28O4/c1-22(23-7-3-2-4-8-23)36-30(33)21-27-9-5-6-10-29(27)26-13-11-24(12-14-26)25-15-17-28(18-16-25)32(19-20-32)31(34)35/h2-18,22H,19-21H2,1H3,(H,34,35)/t22-/m1/s1. The topological polar surface area (TPSA) is 63.6 Å². The van der Waals surface area contributed by atoms with Gasteiger partial charge in [0.05, 0.1) is 11.8 Å². The van der Waals surface area contributed by atoms with E-state index in [0.717, 1.165) is 38.9 Å². The van der Waals surface area contributed by atoms with Gasteiger partial charge in [-0.15, -0.1) is 0 Å². The molecule has 0 unspecified atom stereocenters. The molecule has 4 nitrogen and oxygen atoms in total. The van der Waals surface area contributed by atoms with Crippen molar-refractivity contribution in [3.05, 3.63) is 120 Å². The van der Waals surface area contributed by atoms with Gasteiger partial charge < -0.3 is 9.84 Å². The van der Waals surface area contributed by atoms with Crippen LogP contribution >= 0.6 is 0 Å². The van der Waals surface area contributed by atoms with Gasteiger partial charge in [0.2, 0.25) is 0 Å². The second kappa shape index (κ2) is 9.82. The van der Waals surface area contributed by atoms with Crippen LogP contribution in [0.5, 0.6) is 0 Å². The molecule has 4 aromatic carbocycles. The van der Waals surface area contributed by atoms with E-state index >= 15 is 0 Å². The average molecular weight is 477 g/mol. The predicted octanol–water partition coefficient (Wildman–Crippen LogP) is 6.98. The molecule has 1 fully saturated rings. The molecular formula is C32H28O4. The predicted molar refractivity (Wildman–Crippen MR) is 141 cm³/mol. The molecule has 0 aliphatic heterocycles. The van der Waals surface area contributed by atoms with Crippen LogP contribution < -0.4 is 0 Å². The molecule has 1 atom stereocenters. The fraction of sp³-hybridized carbons (Fsp3) is 0.188. The van der Waals surface area contributed by atoms with Gasteiger partial charge >= 0.3 is 11.9 Å². The van der Waals surface area contributed by atoms with Gasteiger partial charge in [0.25, 0.3) is 0 Å². The maximum atomic E-state index is 12.7. The number of esters is 1. The number of ether oxygens (including phenoxy) is 1. The van der Waals surface area contributed by atoms with Crippen molar-refractivity contribution in [2.24, 2.45) is 0 Å². The molecule has 0 amide bonds. The number of carbonyl (C=O) groups excluding carboxylic acids is 1. The van der Waals surface area contributed by atoms with Gasteiger partial charge in [-0.05, 0) is 58.7 Å². The smallest absolute Gasteiger partial charge is 0.314 e. The molecule has 1 N–H and O–H groups in total. The van der Waals surface area contributed by atoms with E-state index in [1.807, 2.05) is 85.8 Å². The molecule has 1 aliphatic rings. The number of hydrogen-bond donors (Lipinski definition) is 1. The van der Waals surface area contributed by atoms with Gasteiger partial charge in [-0.3, -0.25) is 9.59 Å². The summed E-state index contributed by atoms with van der Waals surface area (Å²) in [5.41, 5.74) is 6.20. The minimum absolute atomic E-state index is 0.196. The quantitative estimate of drug-likeness (QED) is 0.279. The summed E-state index contributed by atoms with van der Waals surface area (Å²) in [7, 11) is 0. The zero-order valence-electron chi connectivity index (χ0n) is 20.2. The SMILES string of the molecule is C[C@@H](OC(=O)Cc1ccccc1-c1ccc(-c2ccc(C3(C(=O)O)CC3)cc2)cc1)c1ccccc1. The van der Waals surface area contributed by atoms with Gasteiger partial charge in [0, 0.05) is 0 Å². The largest absolute Gasteiger partial charge is 0.481 e. The highest BCUT2D eigenvalue weighted by atomic mass is 16.5. The molecule has 1 saturated carbocycles. The highest BCUT2D eigenvalue weighted by Crippen LogP contribution is 2.48. The summed E-state index contributed by atoms with van der Waals surface area (Å²) in [6.07, 6.45) is 1.30. The van der Waals surface area contributed by atoms with Crippen molar-refractivity contribution in [2.45, 2.75) is 37.7 Å². The third-order valence-corrected chi connectivity index (χ3v) is 7.06. The second-order valence-electron chi connectivity index (χ2n) is 9.42. The molecule has 4 aromatic rings. The fourth-order valence-electron chi connectivity index (χ4n) is 4.72. The maximum Gasteiger partial charge on any atom is 0.314 e. The lowest BCUT2D eigenvalue weighted by Crippen LogP contribution is -2.19. The minimum atomic E-state index is -0.739. The molecular weight excluding hydrogens is 448 g/mol. The van der Waals surface area contributed by atoms with Gasteiger partial charge in [-0.1, -0.05) is 103 Å². The average Bonchev–Trinajstić information content (AvgIpc) is 3.72. The molecule has 0 aromatic heterocycles. The third-order valence-electron chi connectivity index (χ3n) is 7.06. The van der Waals surface area contributed by atoms with Crippen molar-refractivity contribution in [2.75, 3.05) is 0 Å². The fourth-order valence-corrected chi connectivity index (χ4v) is 4.72. The highest BCUT2D eigenvalue weighted by Gasteiger charge is 2.51. The van der Waals surface area contributed by atoms with Crippen molar-refractivity contribution in [1.82, 2.24) is 0 Å². The van der Waals surface area contributed by atoms with Crippen molar-refractivity contribution in [1.29, 1.82) is 0 Å². The Labute approximate surface area is 211 Å². The minimum Gasteiger partial charge on any atom is -0.481 e. The van der Waals surface area contributed by atoms with Crippen LogP contribution in [0.2, 0.25) is 0 Å². The van der Waals surface area contributed by atoms with E-state index in [0.29, 0.717) is 12.8 Å². The summed E-state index contributed by atoms with van der Waals surface area (Å²) in [5.74, 6) is -0.998. The number of aliphatic carboxylic acids is 1. The first-order valence-electron chi connectivity index (χ1n) is 12.2. The van der Waals surface area contributed by atoms with Crippen molar-refractivity contribution in [3.8, 4) is 22.3 Å². The third kappa shape index (κ3) is 4.80. The number of rotatable bonds is 8. The van der Waals surface area contributed by atoms with Crippen LogP contribution in [0.4, 0.5) is 0 Å². The van der Waals surface area contributed by atoms with Gasteiger partial charge in [-0.2, -0.15) is 0 Å². The number of carboxylic acid groups (broad SMARTS) is 1. The van der Waals surface area contributed by atoms with Crippen LogP contribution in [0.25, 0.3) is 22.3 Å². The molecule has 4 heteroatoms. The van der Waals surface area contributed by atoms with E-state index < -0.39 is 11.4 Å². The lowest BCUT2D eigenvalue weighted by atomic mass is 9.93. The molecule has 0 spiro atoms. The van der Waals surface area contributed by atoms with Crippen molar-refractivity contribution in [3.63, 3.8) is 0 Å². The van der Waals surface area contributed by atoms with E-state index in [1.54, 1.807) is 0 Å². The molecule has 0 heterocycles. The maximum absolute atomic E-state index is 12.7. The van der Waals surface area contributed by atoms with E-state index in [4.69, 9.17) is 4.74 Å². The number of carbonyl (C=O) groups is 2. The Bertz CT molecular complexity index is 1370. The summed E-state index contributed by atoms with van der Waals surface area (Å²) in [4.78, 5) is 24.3. The lowest BCUT2D eigenvalue weighted by molar-refractivity contribution is -0.147. The van der Waals surface area contributed by atoms with Crippen molar-refractivity contribution < 1.29 is 19.4 Å². The highest BCUT2D eigenvalue weighted by molar-refractivity contribution is 5.85. The van der Waals surface area contributed by atoms with Crippen LogP contribution in [-0.4, -0.2) is 17.0 Å². The lowest BCUT2D eigenvalue weighted by Gasteiger charge is -2.15. The van der Waals surface area contributed by atoms with E-state index in [-0.39, 0.29) is 18.5 Å². The molecule has 0 saturated heterocycles. The summed E-state index contributed by atoms with van der Waals surface area (Å²) in [6, 6.07) is 33.7. The van der Waals surface area contributed by atoms with Crippen LogP contribution in [0, 0.1) is 0 Å². The van der Waals surface area contributed by atoms with E-state index in [9.17, 15) is 14.7 Å². The summed E-state index contributed by atoms with van der Waals surface area (Å²) in [6.45, 7) is 1.89. The Morgan fingerprint density at radius 1 is 0.778 bits per heavy atom. The Morgan fingerprint density at radius 2 is 1.33 bits per heavy atom. The summed E-state index contributed by atoms with van der Waals surface area (Å²) < 4.78 is 5.69. The first kappa shape index (κ1) is 23.6. The first-order chi connectivity index (χ1) is 17.5. The van der Waals surface area contributed by atoms with Gasteiger partial charge in [-0.25, -0.2) is 0 Å². The van der Waals surface area contributed by atoms with E-state index in [2.05, 4.69) is 24.3 Å². The van der Waals surface area contributed by atoms with Crippen LogP contribution in [0.1, 0.15) is 42.6 Å². The van der Waals surface area contributed by atoms with E-state index in [1.165, 1.54) is 0 Å². The van der Waals surface area contributed by atoms with Gasteiger partial charge in [0.1, 0.15) is 6.10 Å². The monoisotopic (exact) mass is 476 g/mol. The first-order valence-corrected chi connectivity index (χ1v) is 12.2. The zero-order valence-corrected chi connectivity index (χ0v) is 20.2. The Hall–Kier alpha value is -4.18. The molecule has 5 rings (SSSR count). The normalized spacial score (nSPS) is 14.6. The summed E-state index contributed by atoms with van der Waals surface area (Å²) in [5, 5.41) is 9.53. The van der Waals surface area contributed by atoms with Crippen LogP contribution in [0.3, 0.4) is 0 Å². The Morgan fingerprint density at radius 3 is 1.94 bits per heavy atom. The van der Waals surface area contributed by atoms with Gasteiger partial charge in [0.15, 0.2) is 0 Å².